The highest BCUT2D eigenvalue weighted by atomic mass is 15.3. The van der Waals surface area contributed by atoms with Crippen molar-refractivity contribution in [1.82, 2.24) is 15.1 Å². The topological polar surface area (TPSA) is 29.9 Å². The second-order valence-electron chi connectivity index (χ2n) is 4.01. The van der Waals surface area contributed by atoms with Crippen molar-refractivity contribution >= 4 is 0 Å². The van der Waals surface area contributed by atoms with Gasteiger partial charge in [0.2, 0.25) is 0 Å². The highest BCUT2D eigenvalue weighted by molar-refractivity contribution is 5.28. The molecule has 16 heavy (non-hydrogen) atoms. The minimum Gasteiger partial charge on any atom is -0.313 e. The van der Waals surface area contributed by atoms with E-state index < -0.39 is 0 Å². The van der Waals surface area contributed by atoms with Gasteiger partial charge >= 0.3 is 0 Å². The summed E-state index contributed by atoms with van der Waals surface area (Å²) in [5, 5.41) is 7.80. The number of rotatable bonds is 4. The average molecular weight is 219 g/mol. The maximum absolute atomic E-state index is 4.45. The molecule has 1 heterocycles. The third-order valence-corrected chi connectivity index (χ3v) is 3.00. The van der Waals surface area contributed by atoms with Gasteiger partial charge in [0.1, 0.15) is 0 Å². The van der Waals surface area contributed by atoms with Crippen molar-refractivity contribution in [3.63, 3.8) is 0 Å². The van der Waals surface area contributed by atoms with Gasteiger partial charge in [-0.25, -0.2) is 0 Å². The molecule has 0 fully saturated rings. The largest absolute Gasteiger partial charge is 0.313 e. The van der Waals surface area contributed by atoms with E-state index in [0.29, 0.717) is 6.04 Å². The first kappa shape index (κ1) is 12.8. The molecule has 88 valence electrons. The Morgan fingerprint density at radius 1 is 1.44 bits per heavy atom. The molecule has 0 bridgehead atoms. The minimum atomic E-state index is 0.356. The summed E-state index contributed by atoms with van der Waals surface area (Å²) in [7, 11) is 3.99. The predicted octanol–water partition coefficient (Wildman–Crippen LogP) is 2.10. The number of aryl methyl sites for hydroxylation is 2. The van der Waals surface area contributed by atoms with Crippen molar-refractivity contribution in [3.05, 3.63) is 17.0 Å². The summed E-state index contributed by atoms with van der Waals surface area (Å²) in [6.07, 6.45) is 1.96. The summed E-state index contributed by atoms with van der Waals surface area (Å²) in [4.78, 5) is 0. The van der Waals surface area contributed by atoms with Crippen LogP contribution in [0.2, 0.25) is 0 Å². The van der Waals surface area contributed by atoms with Crippen LogP contribution in [0.15, 0.2) is 0 Å². The fourth-order valence-electron chi connectivity index (χ4n) is 2.07. The molecule has 0 saturated heterocycles. The molecule has 1 unspecified atom stereocenters. The summed E-state index contributed by atoms with van der Waals surface area (Å²) >= 11 is 0. The van der Waals surface area contributed by atoms with E-state index in [2.05, 4.69) is 36.1 Å². The van der Waals surface area contributed by atoms with Gasteiger partial charge in [0.25, 0.3) is 0 Å². The van der Waals surface area contributed by atoms with Gasteiger partial charge in [0, 0.05) is 30.8 Å². The fraction of sp³-hybridized carbons (Fsp3) is 0.615. The van der Waals surface area contributed by atoms with Crippen LogP contribution in [0, 0.1) is 25.7 Å². The van der Waals surface area contributed by atoms with E-state index >= 15 is 0 Å². The van der Waals surface area contributed by atoms with Crippen molar-refractivity contribution in [2.75, 3.05) is 7.05 Å². The Morgan fingerprint density at radius 3 is 2.56 bits per heavy atom. The van der Waals surface area contributed by atoms with Crippen LogP contribution in [-0.2, 0) is 7.05 Å². The van der Waals surface area contributed by atoms with Crippen LogP contribution in [0.25, 0.3) is 0 Å². The maximum atomic E-state index is 4.45. The van der Waals surface area contributed by atoms with E-state index in [1.165, 1.54) is 11.3 Å². The summed E-state index contributed by atoms with van der Waals surface area (Å²) in [6, 6.07) is 0.356. The molecule has 1 aromatic heterocycles. The van der Waals surface area contributed by atoms with E-state index in [-0.39, 0.29) is 0 Å². The lowest BCUT2D eigenvalue weighted by Gasteiger charge is -2.15. The van der Waals surface area contributed by atoms with Crippen molar-refractivity contribution in [2.45, 2.75) is 39.7 Å². The Balaban J connectivity index is 2.88. The molecule has 0 radical (unpaired) electrons. The third-order valence-electron chi connectivity index (χ3n) is 3.00. The molecular weight excluding hydrogens is 198 g/mol. The molecule has 1 rings (SSSR count). The minimum absolute atomic E-state index is 0.356. The van der Waals surface area contributed by atoms with Crippen molar-refractivity contribution < 1.29 is 0 Å². The fourth-order valence-corrected chi connectivity index (χ4v) is 2.07. The molecule has 1 atom stereocenters. The quantitative estimate of drug-likeness (QED) is 0.786. The van der Waals surface area contributed by atoms with Crippen LogP contribution in [0.1, 0.15) is 42.8 Å². The Kier molecular flexibility index (Phi) is 4.57. The van der Waals surface area contributed by atoms with E-state index in [4.69, 9.17) is 0 Å². The standard InChI is InChI=1S/C13H21N3/c1-6-7-8-9-12(14-4)13-10(2)15-16(5)11(13)3/h12,14H,8-9H2,1-5H3. The van der Waals surface area contributed by atoms with E-state index in [1.807, 2.05) is 25.7 Å². The maximum Gasteiger partial charge on any atom is 0.0644 e. The molecule has 1 N–H and O–H groups in total. The molecule has 1 aromatic rings. The van der Waals surface area contributed by atoms with E-state index in [9.17, 15) is 0 Å². The molecule has 0 amide bonds. The van der Waals surface area contributed by atoms with Crippen LogP contribution in [-0.4, -0.2) is 16.8 Å². The van der Waals surface area contributed by atoms with Crippen LogP contribution in [0.4, 0.5) is 0 Å². The van der Waals surface area contributed by atoms with Crippen LogP contribution in [0.5, 0.6) is 0 Å². The van der Waals surface area contributed by atoms with Gasteiger partial charge in [-0.2, -0.15) is 5.10 Å². The lowest BCUT2D eigenvalue weighted by molar-refractivity contribution is 0.552. The molecule has 0 aliphatic heterocycles. The lowest BCUT2D eigenvalue weighted by Crippen LogP contribution is -2.17. The monoisotopic (exact) mass is 219 g/mol. The molecule has 0 aromatic carbocycles. The first-order chi connectivity index (χ1) is 7.61. The zero-order valence-electron chi connectivity index (χ0n) is 10.9. The van der Waals surface area contributed by atoms with Gasteiger partial charge in [0.15, 0.2) is 0 Å². The zero-order valence-corrected chi connectivity index (χ0v) is 10.9. The van der Waals surface area contributed by atoms with Crippen molar-refractivity contribution in [3.8, 4) is 11.8 Å². The molecule has 0 spiro atoms. The Hall–Kier alpha value is -1.27. The molecule has 0 aliphatic carbocycles. The van der Waals surface area contributed by atoms with Gasteiger partial charge in [-0.1, -0.05) is 0 Å². The van der Waals surface area contributed by atoms with Gasteiger partial charge in [-0.05, 0) is 34.2 Å². The number of nitrogens with one attached hydrogen (secondary N) is 1. The Bertz CT molecular complexity index is 407. The molecular formula is C13H21N3. The van der Waals surface area contributed by atoms with Gasteiger partial charge in [-0.3, -0.25) is 4.68 Å². The second-order valence-corrected chi connectivity index (χ2v) is 4.01. The van der Waals surface area contributed by atoms with E-state index in [1.54, 1.807) is 0 Å². The van der Waals surface area contributed by atoms with Gasteiger partial charge in [-0.15, -0.1) is 11.8 Å². The van der Waals surface area contributed by atoms with Crippen LogP contribution < -0.4 is 5.32 Å². The first-order valence-electron chi connectivity index (χ1n) is 5.68. The Morgan fingerprint density at radius 2 is 2.12 bits per heavy atom. The van der Waals surface area contributed by atoms with Crippen molar-refractivity contribution in [1.29, 1.82) is 0 Å². The summed E-state index contributed by atoms with van der Waals surface area (Å²) in [5.74, 6) is 6.05. The van der Waals surface area contributed by atoms with Gasteiger partial charge < -0.3 is 5.32 Å². The summed E-state index contributed by atoms with van der Waals surface area (Å²) in [5.41, 5.74) is 3.67. The number of nitrogens with zero attached hydrogens (tertiary/aromatic N) is 2. The summed E-state index contributed by atoms with van der Waals surface area (Å²) in [6.45, 7) is 6.07. The highest BCUT2D eigenvalue weighted by Gasteiger charge is 2.17. The SMILES string of the molecule is CC#CCCC(NC)c1c(C)nn(C)c1C. The smallest absolute Gasteiger partial charge is 0.0644 e. The molecule has 0 saturated carbocycles. The van der Waals surface area contributed by atoms with Crippen molar-refractivity contribution in [2.24, 2.45) is 7.05 Å². The normalized spacial score (nSPS) is 12.1. The molecule has 0 aliphatic rings. The molecule has 3 nitrogen and oxygen atoms in total. The third kappa shape index (κ3) is 2.65. The van der Waals surface area contributed by atoms with Crippen LogP contribution >= 0.6 is 0 Å². The zero-order chi connectivity index (χ0) is 12.1. The highest BCUT2D eigenvalue weighted by Crippen LogP contribution is 2.24. The van der Waals surface area contributed by atoms with Gasteiger partial charge in [0.05, 0.1) is 5.69 Å². The second kappa shape index (κ2) is 5.72. The number of aromatic nitrogens is 2. The average Bonchev–Trinajstić information content (AvgIpc) is 2.50. The number of hydrogen-bond donors (Lipinski definition) is 1. The molecule has 3 heteroatoms. The Labute approximate surface area is 98.2 Å². The van der Waals surface area contributed by atoms with E-state index in [0.717, 1.165) is 18.5 Å². The van der Waals surface area contributed by atoms with Crippen LogP contribution in [0.3, 0.4) is 0 Å². The first-order valence-corrected chi connectivity index (χ1v) is 5.68. The lowest BCUT2D eigenvalue weighted by atomic mass is 10.0. The predicted molar refractivity (Wildman–Crippen MR) is 67.2 cm³/mol. The number of hydrogen-bond acceptors (Lipinski definition) is 2. The summed E-state index contributed by atoms with van der Waals surface area (Å²) < 4.78 is 1.94.